The average Bonchev–Trinajstić information content (AvgIpc) is 2.85. The molecule has 2 aromatic rings. The van der Waals surface area contributed by atoms with E-state index in [0.29, 0.717) is 0 Å². The van der Waals surface area contributed by atoms with Gasteiger partial charge in [0.05, 0.1) is 6.10 Å². The molecule has 0 amide bonds. The van der Waals surface area contributed by atoms with Gasteiger partial charge in [-0.3, -0.25) is 0 Å². The Labute approximate surface area is 131 Å². The summed E-state index contributed by atoms with van der Waals surface area (Å²) in [7, 11) is 4.00. The molecule has 3 nitrogen and oxygen atoms in total. The molecule has 0 aliphatic heterocycles. The first-order valence-corrected chi connectivity index (χ1v) is 7.61. The summed E-state index contributed by atoms with van der Waals surface area (Å²) >= 11 is 0. The highest BCUT2D eigenvalue weighted by atomic mass is 16.3. The van der Waals surface area contributed by atoms with Crippen LogP contribution in [0, 0.1) is 0 Å². The monoisotopic (exact) mass is 294 g/mol. The number of hydrogen-bond acceptors (Lipinski definition) is 1. The summed E-state index contributed by atoms with van der Waals surface area (Å²) < 4.78 is 4.02. The van der Waals surface area contributed by atoms with Crippen LogP contribution in [0.15, 0.2) is 60.2 Å². The zero-order chi connectivity index (χ0) is 15.5. The third kappa shape index (κ3) is 3.31. The first-order valence-electron chi connectivity index (χ1n) is 7.61. The molecule has 1 aliphatic rings. The summed E-state index contributed by atoms with van der Waals surface area (Å²) in [5, 5.41) is 10.5. The predicted octanol–water partition coefficient (Wildman–Crippen LogP) is 1.96. The molecule has 2 aromatic heterocycles. The minimum absolute atomic E-state index is 0.456. The molecule has 0 unspecified atom stereocenters. The Balaban J connectivity index is 1.81. The van der Waals surface area contributed by atoms with Crippen LogP contribution in [0.1, 0.15) is 24.0 Å². The van der Waals surface area contributed by atoms with Gasteiger partial charge >= 0.3 is 0 Å². The molecule has 112 valence electrons. The van der Waals surface area contributed by atoms with Crippen LogP contribution in [0.3, 0.4) is 0 Å². The lowest BCUT2D eigenvalue weighted by Gasteiger charge is -2.06. The second-order valence-corrected chi connectivity index (χ2v) is 5.93. The molecule has 0 saturated heterocycles. The minimum atomic E-state index is -0.456. The fourth-order valence-corrected chi connectivity index (χ4v) is 2.75. The smallest absolute Gasteiger partial charge is 0.169 e. The van der Waals surface area contributed by atoms with Crippen molar-refractivity contribution in [1.82, 2.24) is 0 Å². The van der Waals surface area contributed by atoms with Crippen LogP contribution in [0.4, 0.5) is 0 Å². The van der Waals surface area contributed by atoms with Crippen molar-refractivity contribution >= 4 is 12.2 Å². The van der Waals surface area contributed by atoms with E-state index in [-0.39, 0.29) is 0 Å². The molecule has 0 bridgehead atoms. The molecule has 2 heterocycles. The highest BCUT2D eigenvalue weighted by Gasteiger charge is 2.23. The van der Waals surface area contributed by atoms with E-state index in [1.807, 2.05) is 48.0 Å². The molecule has 0 atom stereocenters. The van der Waals surface area contributed by atoms with Gasteiger partial charge in [-0.15, -0.1) is 0 Å². The Morgan fingerprint density at radius 3 is 1.55 bits per heavy atom. The second-order valence-electron chi connectivity index (χ2n) is 5.93. The van der Waals surface area contributed by atoms with Crippen molar-refractivity contribution in [3.05, 3.63) is 71.3 Å². The summed E-state index contributed by atoms with van der Waals surface area (Å²) in [6, 6.07) is 8.27. The summed E-state index contributed by atoms with van der Waals surface area (Å²) in [5.41, 5.74) is 4.48. The zero-order valence-corrected chi connectivity index (χ0v) is 13.1. The Morgan fingerprint density at radius 2 is 1.18 bits per heavy atom. The van der Waals surface area contributed by atoms with Crippen molar-refractivity contribution in [2.75, 3.05) is 0 Å². The summed E-state index contributed by atoms with van der Waals surface area (Å²) in [6.45, 7) is 0. The molecule has 1 aliphatic carbocycles. The van der Waals surface area contributed by atoms with Crippen molar-refractivity contribution in [3.63, 3.8) is 0 Å². The van der Waals surface area contributed by atoms with Gasteiger partial charge in [0.2, 0.25) is 0 Å². The predicted molar refractivity (Wildman–Crippen MR) is 86.4 cm³/mol. The molecule has 3 rings (SSSR count). The van der Waals surface area contributed by atoms with Gasteiger partial charge in [-0.05, 0) is 35.1 Å². The van der Waals surface area contributed by atoms with Gasteiger partial charge in [-0.1, -0.05) is 12.2 Å². The van der Waals surface area contributed by atoms with Gasteiger partial charge in [-0.2, -0.15) is 0 Å². The number of rotatable bonds is 2. The highest BCUT2D eigenvalue weighted by molar-refractivity contribution is 5.61. The summed E-state index contributed by atoms with van der Waals surface area (Å²) in [6.07, 6.45) is 13.7. The lowest BCUT2D eigenvalue weighted by Crippen LogP contribution is -2.25. The maximum Gasteiger partial charge on any atom is 0.169 e. The van der Waals surface area contributed by atoms with Crippen molar-refractivity contribution < 1.29 is 14.2 Å². The Bertz CT molecular complexity index is 649. The van der Waals surface area contributed by atoms with Crippen molar-refractivity contribution in [3.8, 4) is 0 Å². The molecule has 0 aromatic carbocycles. The van der Waals surface area contributed by atoms with Crippen LogP contribution in [0.5, 0.6) is 0 Å². The Hall–Kier alpha value is -2.26. The quantitative estimate of drug-likeness (QED) is 0.843. The number of nitrogens with zero attached hydrogens (tertiary/aromatic N) is 2. The van der Waals surface area contributed by atoms with E-state index in [1.54, 1.807) is 0 Å². The standard InChI is InChI=1S/C19H22N2O/c1-20-9-5-15(6-10-20)13-17-3-4-18(19(17)22)14-16-7-11-21(2)12-8-16/h5-14,19,22H,3-4H2,1-2H3/q+2. The Kier molecular flexibility index (Phi) is 4.16. The van der Waals surface area contributed by atoms with E-state index in [0.717, 1.165) is 35.1 Å². The van der Waals surface area contributed by atoms with E-state index < -0.39 is 6.10 Å². The summed E-state index contributed by atoms with van der Waals surface area (Å²) in [4.78, 5) is 0. The van der Waals surface area contributed by atoms with Crippen molar-refractivity contribution in [1.29, 1.82) is 0 Å². The van der Waals surface area contributed by atoms with E-state index in [4.69, 9.17) is 0 Å². The highest BCUT2D eigenvalue weighted by Crippen LogP contribution is 2.32. The average molecular weight is 294 g/mol. The van der Waals surface area contributed by atoms with E-state index in [1.165, 1.54) is 0 Å². The maximum atomic E-state index is 10.5. The van der Waals surface area contributed by atoms with Crippen molar-refractivity contribution in [2.45, 2.75) is 18.9 Å². The number of aliphatic hydroxyl groups is 1. The van der Waals surface area contributed by atoms with Crippen LogP contribution in [0.2, 0.25) is 0 Å². The van der Waals surface area contributed by atoms with Gasteiger partial charge < -0.3 is 5.11 Å². The maximum absolute atomic E-state index is 10.5. The normalized spacial score (nSPS) is 21.7. The van der Waals surface area contributed by atoms with E-state index in [9.17, 15) is 5.11 Å². The first-order chi connectivity index (χ1) is 10.6. The van der Waals surface area contributed by atoms with E-state index in [2.05, 4.69) is 36.4 Å². The fraction of sp³-hybridized carbons (Fsp3) is 0.263. The molecular weight excluding hydrogens is 272 g/mol. The molecule has 3 heteroatoms. The number of aromatic nitrogens is 2. The van der Waals surface area contributed by atoms with Crippen LogP contribution >= 0.6 is 0 Å². The van der Waals surface area contributed by atoms with Crippen molar-refractivity contribution in [2.24, 2.45) is 14.1 Å². The molecule has 22 heavy (non-hydrogen) atoms. The molecule has 1 fully saturated rings. The fourth-order valence-electron chi connectivity index (χ4n) is 2.75. The van der Waals surface area contributed by atoms with Crippen LogP contribution < -0.4 is 9.13 Å². The first kappa shape index (κ1) is 14.7. The number of hydrogen-bond donors (Lipinski definition) is 1. The number of pyridine rings is 2. The minimum Gasteiger partial charge on any atom is -0.384 e. The zero-order valence-electron chi connectivity index (χ0n) is 13.1. The molecular formula is C19H22N2O+2. The van der Waals surface area contributed by atoms with Crippen LogP contribution in [0.25, 0.3) is 12.2 Å². The number of aliphatic hydroxyl groups excluding tert-OH is 1. The van der Waals surface area contributed by atoms with Gasteiger partial charge in [0.25, 0.3) is 0 Å². The van der Waals surface area contributed by atoms with Gasteiger partial charge in [0.15, 0.2) is 24.8 Å². The largest absolute Gasteiger partial charge is 0.384 e. The van der Waals surface area contributed by atoms with Gasteiger partial charge in [0, 0.05) is 24.3 Å². The number of aryl methyl sites for hydroxylation is 2. The lowest BCUT2D eigenvalue weighted by atomic mass is 10.1. The molecule has 0 spiro atoms. The van der Waals surface area contributed by atoms with Gasteiger partial charge in [0.1, 0.15) is 14.1 Å². The van der Waals surface area contributed by atoms with Gasteiger partial charge in [-0.25, -0.2) is 9.13 Å². The molecule has 1 N–H and O–H groups in total. The van der Waals surface area contributed by atoms with Crippen LogP contribution in [-0.2, 0) is 14.1 Å². The lowest BCUT2D eigenvalue weighted by molar-refractivity contribution is -0.671. The second kappa shape index (κ2) is 6.24. The molecule has 1 saturated carbocycles. The SMILES string of the molecule is C[n+]1ccc(C=C2CCC(=Cc3cc[n+](C)cc3)C2O)cc1. The summed E-state index contributed by atoms with van der Waals surface area (Å²) in [5.74, 6) is 0. The van der Waals surface area contributed by atoms with Crippen LogP contribution in [-0.4, -0.2) is 11.2 Å². The molecule has 0 radical (unpaired) electrons. The van der Waals surface area contributed by atoms with E-state index >= 15 is 0 Å². The topological polar surface area (TPSA) is 28.0 Å². The third-order valence-electron chi connectivity index (χ3n) is 4.12. The Morgan fingerprint density at radius 1 is 0.818 bits per heavy atom. The third-order valence-corrected chi connectivity index (χ3v) is 4.12.